The van der Waals surface area contributed by atoms with Gasteiger partial charge in [0, 0.05) is 6.04 Å². The SMILES string of the molecule is CNC(C)Cc1ccc(-c2cc(C)cc(C)c2)cc1. The molecule has 2 aromatic rings. The van der Waals surface area contributed by atoms with Crippen LogP contribution in [0.3, 0.4) is 0 Å². The highest BCUT2D eigenvalue weighted by Crippen LogP contribution is 2.22. The van der Waals surface area contributed by atoms with Gasteiger partial charge >= 0.3 is 0 Å². The highest BCUT2D eigenvalue weighted by atomic mass is 14.8. The van der Waals surface area contributed by atoms with Gasteiger partial charge in [-0.25, -0.2) is 0 Å². The van der Waals surface area contributed by atoms with E-state index in [-0.39, 0.29) is 0 Å². The van der Waals surface area contributed by atoms with Crippen LogP contribution in [0.25, 0.3) is 11.1 Å². The topological polar surface area (TPSA) is 12.0 Å². The molecule has 1 unspecified atom stereocenters. The molecule has 0 saturated heterocycles. The van der Waals surface area contributed by atoms with Crippen LogP contribution in [-0.2, 0) is 6.42 Å². The quantitative estimate of drug-likeness (QED) is 0.864. The average molecular weight is 253 g/mol. The molecule has 1 N–H and O–H groups in total. The number of aryl methyl sites for hydroxylation is 2. The third-order valence-corrected chi connectivity index (χ3v) is 3.54. The Balaban J connectivity index is 2.22. The summed E-state index contributed by atoms with van der Waals surface area (Å²) >= 11 is 0. The Bertz CT molecular complexity index is 520. The molecule has 0 aliphatic carbocycles. The van der Waals surface area contributed by atoms with Crippen molar-refractivity contribution in [3.05, 3.63) is 59.2 Å². The molecule has 100 valence electrons. The molecule has 19 heavy (non-hydrogen) atoms. The van der Waals surface area contributed by atoms with Crippen LogP contribution in [0.2, 0.25) is 0 Å². The molecule has 0 heterocycles. The van der Waals surface area contributed by atoms with Crippen LogP contribution in [0, 0.1) is 13.8 Å². The number of hydrogen-bond donors (Lipinski definition) is 1. The maximum absolute atomic E-state index is 3.27. The van der Waals surface area contributed by atoms with Gasteiger partial charge < -0.3 is 5.32 Å². The second-order valence-electron chi connectivity index (χ2n) is 5.47. The molecule has 0 aromatic heterocycles. The summed E-state index contributed by atoms with van der Waals surface area (Å²) in [5, 5.41) is 3.27. The first-order valence-electron chi connectivity index (χ1n) is 6.93. The van der Waals surface area contributed by atoms with Crippen molar-refractivity contribution in [2.75, 3.05) is 7.05 Å². The largest absolute Gasteiger partial charge is 0.317 e. The van der Waals surface area contributed by atoms with E-state index in [2.05, 4.69) is 68.6 Å². The first-order chi connectivity index (χ1) is 9.08. The van der Waals surface area contributed by atoms with Crippen LogP contribution >= 0.6 is 0 Å². The van der Waals surface area contributed by atoms with Gasteiger partial charge in [-0.2, -0.15) is 0 Å². The maximum Gasteiger partial charge on any atom is 0.00761 e. The molecule has 0 spiro atoms. The Morgan fingerprint density at radius 3 is 2.00 bits per heavy atom. The maximum atomic E-state index is 3.27. The molecular formula is C18H23N. The number of hydrogen-bond acceptors (Lipinski definition) is 1. The van der Waals surface area contributed by atoms with Crippen molar-refractivity contribution in [2.24, 2.45) is 0 Å². The Kier molecular flexibility index (Phi) is 4.39. The van der Waals surface area contributed by atoms with Crippen LogP contribution in [-0.4, -0.2) is 13.1 Å². The van der Waals surface area contributed by atoms with Gasteiger partial charge in [0.05, 0.1) is 0 Å². The molecule has 0 radical (unpaired) electrons. The van der Waals surface area contributed by atoms with Crippen molar-refractivity contribution in [3.63, 3.8) is 0 Å². The van der Waals surface area contributed by atoms with Crippen molar-refractivity contribution in [1.29, 1.82) is 0 Å². The van der Waals surface area contributed by atoms with E-state index in [0.717, 1.165) is 6.42 Å². The third kappa shape index (κ3) is 3.68. The summed E-state index contributed by atoms with van der Waals surface area (Å²) in [7, 11) is 2.01. The molecule has 0 saturated carbocycles. The molecular weight excluding hydrogens is 230 g/mol. The summed E-state index contributed by atoms with van der Waals surface area (Å²) in [6, 6.07) is 16.2. The van der Waals surface area contributed by atoms with Gasteiger partial charge in [-0.3, -0.25) is 0 Å². The molecule has 1 nitrogen and oxygen atoms in total. The monoisotopic (exact) mass is 253 g/mol. The Labute approximate surface area is 116 Å². The number of rotatable bonds is 4. The van der Waals surface area contributed by atoms with E-state index < -0.39 is 0 Å². The summed E-state index contributed by atoms with van der Waals surface area (Å²) < 4.78 is 0. The van der Waals surface area contributed by atoms with Gasteiger partial charge in [-0.05, 0) is 50.9 Å². The van der Waals surface area contributed by atoms with Crippen molar-refractivity contribution < 1.29 is 0 Å². The zero-order chi connectivity index (χ0) is 13.8. The Hall–Kier alpha value is -1.60. The number of likely N-dealkylation sites (N-methyl/N-ethyl adjacent to an activating group) is 1. The van der Waals surface area contributed by atoms with Crippen LogP contribution in [0.1, 0.15) is 23.6 Å². The van der Waals surface area contributed by atoms with Gasteiger partial charge in [0.2, 0.25) is 0 Å². The lowest BCUT2D eigenvalue weighted by Gasteiger charge is -2.11. The first-order valence-corrected chi connectivity index (χ1v) is 6.93. The smallest absolute Gasteiger partial charge is 0.00761 e. The highest BCUT2D eigenvalue weighted by molar-refractivity contribution is 5.65. The fourth-order valence-electron chi connectivity index (χ4n) is 2.43. The molecule has 2 aromatic carbocycles. The van der Waals surface area contributed by atoms with Gasteiger partial charge in [0.1, 0.15) is 0 Å². The third-order valence-electron chi connectivity index (χ3n) is 3.54. The van der Waals surface area contributed by atoms with Gasteiger partial charge in [-0.15, -0.1) is 0 Å². The van der Waals surface area contributed by atoms with E-state index in [4.69, 9.17) is 0 Å². The lowest BCUT2D eigenvalue weighted by Crippen LogP contribution is -2.23. The molecule has 0 aliphatic heterocycles. The molecule has 1 atom stereocenters. The van der Waals surface area contributed by atoms with Crippen molar-refractivity contribution >= 4 is 0 Å². The van der Waals surface area contributed by atoms with E-state index in [1.54, 1.807) is 0 Å². The number of benzene rings is 2. The van der Waals surface area contributed by atoms with Crippen LogP contribution in [0.15, 0.2) is 42.5 Å². The minimum atomic E-state index is 0.520. The fraction of sp³-hybridized carbons (Fsp3) is 0.333. The number of nitrogens with one attached hydrogen (secondary N) is 1. The normalized spacial score (nSPS) is 12.4. The average Bonchev–Trinajstić information content (AvgIpc) is 2.38. The highest BCUT2D eigenvalue weighted by Gasteiger charge is 2.03. The van der Waals surface area contributed by atoms with Gasteiger partial charge in [0.15, 0.2) is 0 Å². The van der Waals surface area contributed by atoms with E-state index in [9.17, 15) is 0 Å². The lowest BCUT2D eigenvalue weighted by molar-refractivity contribution is 0.608. The van der Waals surface area contributed by atoms with Gasteiger partial charge in [0.25, 0.3) is 0 Å². The van der Waals surface area contributed by atoms with Crippen molar-refractivity contribution in [1.82, 2.24) is 5.32 Å². The van der Waals surface area contributed by atoms with Crippen LogP contribution < -0.4 is 5.32 Å². The molecule has 0 aliphatic rings. The predicted octanol–water partition coefficient (Wildman–Crippen LogP) is 4.12. The fourth-order valence-corrected chi connectivity index (χ4v) is 2.43. The summed E-state index contributed by atoms with van der Waals surface area (Å²) in [5.74, 6) is 0. The molecule has 0 amide bonds. The standard InChI is InChI=1S/C18H23N/c1-13-9-14(2)11-18(10-13)17-7-5-16(6-8-17)12-15(3)19-4/h5-11,15,19H,12H2,1-4H3. The zero-order valence-electron chi connectivity index (χ0n) is 12.3. The zero-order valence-corrected chi connectivity index (χ0v) is 12.3. The van der Waals surface area contributed by atoms with E-state index >= 15 is 0 Å². The van der Waals surface area contributed by atoms with E-state index in [0.29, 0.717) is 6.04 Å². The Morgan fingerprint density at radius 2 is 1.47 bits per heavy atom. The lowest BCUT2D eigenvalue weighted by atomic mass is 9.98. The molecule has 0 bridgehead atoms. The summed E-state index contributed by atoms with van der Waals surface area (Å²) in [4.78, 5) is 0. The predicted molar refractivity (Wildman–Crippen MR) is 83.6 cm³/mol. The van der Waals surface area contributed by atoms with Crippen molar-refractivity contribution in [3.8, 4) is 11.1 Å². The summed E-state index contributed by atoms with van der Waals surface area (Å²) in [6.07, 6.45) is 1.07. The minimum absolute atomic E-state index is 0.520. The second-order valence-corrected chi connectivity index (χ2v) is 5.47. The van der Waals surface area contributed by atoms with E-state index in [1.165, 1.54) is 27.8 Å². The van der Waals surface area contributed by atoms with Gasteiger partial charge in [-0.1, -0.05) is 53.6 Å². The minimum Gasteiger partial charge on any atom is -0.317 e. The Morgan fingerprint density at radius 1 is 0.895 bits per heavy atom. The van der Waals surface area contributed by atoms with Crippen LogP contribution in [0.4, 0.5) is 0 Å². The molecule has 2 rings (SSSR count). The second kappa shape index (κ2) is 6.03. The summed E-state index contributed by atoms with van der Waals surface area (Å²) in [5.41, 5.74) is 6.64. The molecule has 1 heteroatoms. The first kappa shape index (κ1) is 13.8. The van der Waals surface area contributed by atoms with Crippen LogP contribution in [0.5, 0.6) is 0 Å². The van der Waals surface area contributed by atoms with E-state index in [1.807, 2.05) is 7.05 Å². The summed E-state index contributed by atoms with van der Waals surface area (Å²) in [6.45, 7) is 6.51. The molecule has 0 fully saturated rings. The van der Waals surface area contributed by atoms with Crippen molar-refractivity contribution in [2.45, 2.75) is 33.2 Å².